The van der Waals surface area contributed by atoms with Gasteiger partial charge < -0.3 is 20.2 Å². The first kappa shape index (κ1) is 17.1. The number of hydrogen-bond donors (Lipinski definition) is 3. The number of imidazole rings is 1. The molecule has 2 aromatic carbocycles. The fourth-order valence-electron chi connectivity index (χ4n) is 3.43. The molecule has 0 bridgehead atoms. The van der Waals surface area contributed by atoms with E-state index in [0.717, 1.165) is 6.42 Å². The minimum atomic E-state index is -0.366. The Labute approximate surface area is 155 Å². The van der Waals surface area contributed by atoms with Gasteiger partial charge in [0.1, 0.15) is 0 Å². The molecule has 1 unspecified atom stereocenters. The number of likely N-dealkylation sites (tertiary alicyclic amines) is 1. The summed E-state index contributed by atoms with van der Waals surface area (Å²) in [6.07, 6.45) is 1.00. The van der Waals surface area contributed by atoms with E-state index in [1.165, 1.54) is 5.56 Å². The van der Waals surface area contributed by atoms with Crippen molar-refractivity contribution in [2.24, 2.45) is 5.92 Å². The zero-order valence-corrected chi connectivity index (χ0v) is 14.7. The minimum absolute atomic E-state index is 0.0106. The summed E-state index contributed by atoms with van der Waals surface area (Å²) in [5.74, 6) is -0.534. The van der Waals surface area contributed by atoms with E-state index < -0.39 is 0 Å². The maximum absolute atomic E-state index is 12.6. The molecule has 27 heavy (non-hydrogen) atoms. The Morgan fingerprint density at radius 2 is 1.85 bits per heavy atom. The van der Waals surface area contributed by atoms with E-state index in [0.29, 0.717) is 29.8 Å². The fourth-order valence-corrected chi connectivity index (χ4v) is 3.43. The number of aromatic amines is 2. The van der Waals surface area contributed by atoms with Crippen LogP contribution in [-0.2, 0) is 16.0 Å². The summed E-state index contributed by atoms with van der Waals surface area (Å²) in [6.45, 7) is 1.05. The predicted molar refractivity (Wildman–Crippen MR) is 102 cm³/mol. The number of amides is 2. The second-order valence-corrected chi connectivity index (χ2v) is 6.81. The first-order chi connectivity index (χ1) is 13.1. The van der Waals surface area contributed by atoms with Gasteiger partial charge in [-0.3, -0.25) is 9.59 Å². The molecule has 7 heteroatoms. The highest BCUT2D eigenvalue weighted by Gasteiger charge is 2.34. The molecule has 1 fully saturated rings. The van der Waals surface area contributed by atoms with Crippen molar-refractivity contribution in [1.82, 2.24) is 14.9 Å². The third-order valence-electron chi connectivity index (χ3n) is 4.88. The van der Waals surface area contributed by atoms with Gasteiger partial charge in [0.2, 0.25) is 11.8 Å². The van der Waals surface area contributed by atoms with Crippen LogP contribution in [-0.4, -0.2) is 39.8 Å². The topological polar surface area (TPSA) is 98.1 Å². The molecule has 3 N–H and O–H groups in total. The molecule has 1 atom stereocenters. The van der Waals surface area contributed by atoms with Crippen molar-refractivity contribution in [1.29, 1.82) is 0 Å². The van der Waals surface area contributed by atoms with Gasteiger partial charge in [-0.1, -0.05) is 30.3 Å². The number of nitrogens with one attached hydrogen (secondary N) is 3. The Morgan fingerprint density at radius 1 is 1.07 bits per heavy atom. The van der Waals surface area contributed by atoms with Crippen molar-refractivity contribution < 1.29 is 9.59 Å². The molecule has 0 saturated carbocycles. The molecular formula is C20H20N4O3. The Kier molecular flexibility index (Phi) is 4.50. The predicted octanol–water partition coefficient (Wildman–Crippen LogP) is 1.89. The molecule has 2 amide bonds. The van der Waals surface area contributed by atoms with Gasteiger partial charge in [-0.05, 0) is 30.2 Å². The zero-order chi connectivity index (χ0) is 18.8. The lowest BCUT2D eigenvalue weighted by molar-refractivity contribution is -0.128. The van der Waals surface area contributed by atoms with Crippen LogP contribution in [0, 0.1) is 5.92 Å². The van der Waals surface area contributed by atoms with E-state index in [1.807, 2.05) is 30.3 Å². The lowest BCUT2D eigenvalue weighted by Gasteiger charge is -2.16. The normalized spacial score (nSPS) is 16.8. The quantitative estimate of drug-likeness (QED) is 0.645. The number of fused-ring (bicyclic) bond motifs is 1. The van der Waals surface area contributed by atoms with Crippen molar-refractivity contribution in [3.63, 3.8) is 0 Å². The zero-order valence-electron chi connectivity index (χ0n) is 14.7. The molecule has 138 valence electrons. The summed E-state index contributed by atoms with van der Waals surface area (Å²) in [5, 5.41) is 2.85. The Bertz CT molecular complexity index is 1040. The van der Waals surface area contributed by atoms with E-state index >= 15 is 0 Å². The number of aromatic nitrogens is 2. The molecule has 0 aliphatic carbocycles. The molecular weight excluding hydrogens is 344 g/mol. The van der Waals surface area contributed by atoms with Crippen LogP contribution in [0.5, 0.6) is 0 Å². The second kappa shape index (κ2) is 7.11. The second-order valence-electron chi connectivity index (χ2n) is 6.81. The Hall–Kier alpha value is -3.35. The van der Waals surface area contributed by atoms with Crippen LogP contribution in [0.15, 0.2) is 53.3 Å². The van der Waals surface area contributed by atoms with Crippen LogP contribution in [0.25, 0.3) is 11.0 Å². The molecule has 0 radical (unpaired) electrons. The maximum atomic E-state index is 12.6. The minimum Gasteiger partial charge on any atom is -0.342 e. The number of H-pyrrole nitrogens is 2. The molecule has 1 aromatic heterocycles. The smallest absolute Gasteiger partial charge is 0.323 e. The summed E-state index contributed by atoms with van der Waals surface area (Å²) in [4.78, 5) is 43.2. The van der Waals surface area contributed by atoms with Gasteiger partial charge in [0.05, 0.1) is 17.0 Å². The summed E-state index contributed by atoms with van der Waals surface area (Å²) in [7, 11) is 0. The lowest BCUT2D eigenvalue weighted by atomic mass is 10.1. The number of anilines is 1. The standard InChI is InChI=1S/C20H20N4O3/c25-18-10-14(12-24(18)9-8-13-4-2-1-3-5-13)19(26)21-15-6-7-16-17(11-15)23-20(27)22-16/h1-7,11,14H,8-10,12H2,(H,21,26)(H2,22,23,27). The highest BCUT2D eigenvalue weighted by molar-refractivity contribution is 5.98. The third-order valence-corrected chi connectivity index (χ3v) is 4.88. The number of rotatable bonds is 5. The third kappa shape index (κ3) is 3.76. The van der Waals surface area contributed by atoms with Crippen molar-refractivity contribution in [2.45, 2.75) is 12.8 Å². The molecule has 0 spiro atoms. The van der Waals surface area contributed by atoms with Gasteiger partial charge in [0.15, 0.2) is 0 Å². The van der Waals surface area contributed by atoms with Crippen LogP contribution in [0.1, 0.15) is 12.0 Å². The SMILES string of the molecule is O=C(Nc1ccc2[nH]c(=O)[nH]c2c1)C1CC(=O)N(CCc2ccccc2)C1. The van der Waals surface area contributed by atoms with E-state index in [1.54, 1.807) is 23.1 Å². The monoisotopic (exact) mass is 364 g/mol. The molecule has 1 saturated heterocycles. The maximum Gasteiger partial charge on any atom is 0.323 e. The Balaban J connectivity index is 1.37. The number of carbonyl (C=O) groups is 2. The van der Waals surface area contributed by atoms with Crippen LogP contribution in [0.3, 0.4) is 0 Å². The molecule has 3 aromatic rings. The highest BCUT2D eigenvalue weighted by atomic mass is 16.2. The largest absolute Gasteiger partial charge is 0.342 e. The van der Waals surface area contributed by atoms with Crippen LogP contribution in [0.2, 0.25) is 0 Å². The molecule has 7 nitrogen and oxygen atoms in total. The molecule has 1 aliphatic rings. The first-order valence-corrected chi connectivity index (χ1v) is 8.93. The van der Waals surface area contributed by atoms with Gasteiger partial charge >= 0.3 is 5.69 Å². The summed E-state index contributed by atoms with van der Waals surface area (Å²) >= 11 is 0. The summed E-state index contributed by atoms with van der Waals surface area (Å²) in [5.41, 5.74) is 2.79. The van der Waals surface area contributed by atoms with Gasteiger partial charge in [-0.2, -0.15) is 0 Å². The number of hydrogen-bond acceptors (Lipinski definition) is 3. The van der Waals surface area contributed by atoms with Crippen LogP contribution in [0.4, 0.5) is 5.69 Å². The van der Waals surface area contributed by atoms with E-state index in [4.69, 9.17) is 0 Å². The van der Waals surface area contributed by atoms with E-state index in [9.17, 15) is 14.4 Å². The number of nitrogens with zero attached hydrogens (tertiary/aromatic N) is 1. The average molecular weight is 364 g/mol. The van der Waals surface area contributed by atoms with Crippen molar-refractivity contribution in [3.8, 4) is 0 Å². The summed E-state index contributed by atoms with van der Waals surface area (Å²) < 4.78 is 0. The molecule has 1 aliphatic heterocycles. The van der Waals surface area contributed by atoms with E-state index in [2.05, 4.69) is 15.3 Å². The molecule has 2 heterocycles. The highest BCUT2D eigenvalue weighted by Crippen LogP contribution is 2.21. The Morgan fingerprint density at radius 3 is 2.67 bits per heavy atom. The van der Waals surface area contributed by atoms with Crippen molar-refractivity contribution in [3.05, 3.63) is 64.6 Å². The van der Waals surface area contributed by atoms with Crippen molar-refractivity contribution >= 4 is 28.5 Å². The van der Waals surface area contributed by atoms with E-state index in [-0.39, 0.29) is 29.8 Å². The van der Waals surface area contributed by atoms with Crippen LogP contribution < -0.4 is 11.0 Å². The summed E-state index contributed by atoms with van der Waals surface area (Å²) in [6, 6.07) is 15.2. The van der Waals surface area contributed by atoms with Gasteiger partial charge in [0.25, 0.3) is 0 Å². The number of carbonyl (C=O) groups excluding carboxylic acids is 2. The van der Waals surface area contributed by atoms with Gasteiger partial charge in [-0.15, -0.1) is 0 Å². The van der Waals surface area contributed by atoms with Gasteiger partial charge in [0, 0.05) is 25.2 Å². The van der Waals surface area contributed by atoms with Gasteiger partial charge in [-0.25, -0.2) is 4.79 Å². The fraction of sp³-hybridized carbons (Fsp3) is 0.250. The number of benzene rings is 2. The lowest BCUT2D eigenvalue weighted by Crippen LogP contribution is -2.30. The van der Waals surface area contributed by atoms with Crippen molar-refractivity contribution in [2.75, 3.05) is 18.4 Å². The molecule has 4 rings (SSSR count). The van der Waals surface area contributed by atoms with Crippen LogP contribution >= 0.6 is 0 Å². The average Bonchev–Trinajstić information content (AvgIpc) is 3.22. The first-order valence-electron chi connectivity index (χ1n) is 8.93.